The zero-order chi connectivity index (χ0) is 13.7. The first-order chi connectivity index (χ1) is 9.14. The number of para-hydroxylation sites is 1. The number of carbonyl (C=O) groups excluding carboxylic acids is 1. The predicted octanol–water partition coefficient (Wildman–Crippen LogP) is 3.17. The van der Waals surface area contributed by atoms with Crippen molar-refractivity contribution in [3.63, 3.8) is 0 Å². The highest BCUT2D eigenvalue weighted by Crippen LogP contribution is 2.31. The summed E-state index contributed by atoms with van der Waals surface area (Å²) in [6, 6.07) is 7.31. The molecule has 0 saturated carbocycles. The van der Waals surface area contributed by atoms with Crippen molar-refractivity contribution < 1.29 is 9.53 Å². The number of carbonyl (C=O) groups is 1. The van der Waals surface area contributed by atoms with Crippen LogP contribution in [0.3, 0.4) is 0 Å². The molecule has 0 heterocycles. The van der Waals surface area contributed by atoms with Crippen LogP contribution in [0.5, 0.6) is 5.75 Å². The molecule has 1 amide bonds. The first kappa shape index (κ1) is 13.7. The Morgan fingerprint density at radius 3 is 2.84 bits per heavy atom. The highest BCUT2D eigenvalue weighted by Gasteiger charge is 2.25. The van der Waals surface area contributed by atoms with Crippen LogP contribution in [0.4, 0.5) is 0 Å². The van der Waals surface area contributed by atoms with Gasteiger partial charge in [0.05, 0.1) is 12.7 Å². The molecule has 0 spiro atoms. The van der Waals surface area contributed by atoms with Crippen molar-refractivity contribution in [3.05, 3.63) is 42.0 Å². The molecule has 19 heavy (non-hydrogen) atoms. The van der Waals surface area contributed by atoms with E-state index in [9.17, 15) is 4.79 Å². The van der Waals surface area contributed by atoms with E-state index in [4.69, 9.17) is 4.74 Å². The van der Waals surface area contributed by atoms with E-state index in [2.05, 4.69) is 24.4 Å². The van der Waals surface area contributed by atoms with Crippen molar-refractivity contribution in [1.82, 2.24) is 5.32 Å². The van der Waals surface area contributed by atoms with E-state index in [0.717, 1.165) is 19.3 Å². The van der Waals surface area contributed by atoms with E-state index in [1.54, 1.807) is 19.2 Å². The van der Waals surface area contributed by atoms with Crippen molar-refractivity contribution in [3.8, 4) is 5.75 Å². The number of ether oxygens (including phenoxy) is 1. The molecule has 1 atom stereocenters. The van der Waals surface area contributed by atoms with E-state index in [-0.39, 0.29) is 11.3 Å². The van der Waals surface area contributed by atoms with Crippen molar-refractivity contribution in [2.24, 2.45) is 5.41 Å². The largest absolute Gasteiger partial charge is 0.496 e. The molecule has 0 aromatic heterocycles. The zero-order valence-corrected chi connectivity index (χ0v) is 11.6. The Hall–Kier alpha value is -1.77. The third-order valence-corrected chi connectivity index (χ3v) is 3.72. The number of amides is 1. The number of methoxy groups -OCH3 is 1. The Kier molecular flexibility index (Phi) is 4.25. The van der Waals surface area contributed by atoms with Gasteiger partial charge < -0.3 is 10.1 Å². The summed E-state index contributed by atoms with van der Waals surface area (Å²) < 4.78 is 5.21. The van der Waals surface area contributed by atoms with Gasteiger partial charge in [0, 0.05) is 6.54 Å². The number of benzene rings is 1. The lowest BCUT2D eigenvalue weighted by molar-refractivity contribution is 0.0927. The Bertz CT molecular complexity index is 481. The molecule has 3 nitrogen and oxygen atoms in total. The fourth-order valence-electron chi connectivity index (χ4n) is 2.40. The van der Waals surface area contributed by atoms with Crippen molar-refractivity contribution in [1.29, 1.82) is 0 Å². The van der Waals surface area contributed by atoms with Gasteiger partial charge in [0.25, 0.3) is 5.91 Å². The van der Waals surface area contributed by atoms with Gasteiger partial charge in [0.2, 0.25) is 0 Å². The molecule has 1 aromatic rings. The lowest BCUT2D eigenvalue weighted by atomic mass is 9.79. The molecule has 1 unspecified atom stereocenters. The first-order valence-corrected chi connectivity index (χ1v) is 6.71. The summed E-state index contributed by atoms with van der Waals surface area (Å²) in [6.07, 6.45) is 7.67. The second-order valence-electron chi connectivity index (χ2n) is 5.41. The van der Waals surface area contributed by atoms with Gasteiger partial charge in [-0.15, -0.1) is 0 Å². The summed E-state index contributed by atoms with van der Waals surface area (Å²) in [5.74, 6) is 0.557. The summed E-state index contributed by atoms with van der Waals surface area (Å²) in [5, 5.41) is 3.03. The van der Waals surface area contributed by atoms with Crippen LogP contribution >= 0.6 is 0 Å². The molecule has 1 aliphatic carbocycles. The van der Waals surface area contributed by atoms with Gasteiger partial charge in [-0.25, -0.2) is 0 Å². The summed E-state index contributed by atoms with van der Waals surface area (Å²) in [5.41, 5.74) is 0.770. The van der Waals surface area contributed by atoms with E-state index < -0.39 is 0 Å². The van der Waals surface area contributed by atoms with Crippen LogP contribution in [0.15, 0.2) is 36.4 Å². The first-order valence-electron chi connectivity index (χ1n) is 6.71. The minimum Gasteiger partial charge on any atom is -0.496 e. The Morgan fingerprint density at radius 2 is 2.16 bits per heavy atom. The minimum absolute atomic E-state index is 0.0618. The Balaban J connectivity index is 1.99. The quantitative estimate of drug-likeness (QED) is 0.843. The van der Waals surface area contributed by atoms with Crippen molar-refractivity contribution >= 4 is 5.91 Å². The van der Waals surface area contributed by atoms with E-state index >= 15 is 0 Å². The summed E-state index contributed by atoms with van der Waals surface area (Å²) in [4.78, 5) is 12.2. The number of rotatable bonds is 4. The van der Waals surface area contributed by atoms with Gasteiger partial charge in [-0.1, -0.05) is 31.2 Å². The fraction of sp³-hybridized carbons (Fsp3) is 0.438. The van der Waals surface area contributed by atoms with Crippen LogP contribution in [0.1, 0.15) is 36.5 Å². The minimum atomic E-state index is -0.0618. The fourth-order valence-corrected chi connectivity index (χ4v) is 2.40. The van der Waals surface area contributed by atoms with Crippen molar-refractivity contribution in [2.75, 3.05) is 13.7 Å². The monoisotopic (exact) mass is 259 g/mol. The smallest absolute Gasteiger partial charge is 0.255 e. The number of allylic oxidation sites excluding steroid dienone is 2. The maximum absolute atomic E-state index is 12.2. The second-order valence-corrected chi connectivity index (χ2v) is 5.41. The van der Waals surface area contributed by atoms with E-state index in [0.29, 0.717) is 17.9 Å². The van der Waals surface area contributed by atoms with Crippen molar-refractivity contribution in [2.45, 2.75) is 26.2 Å². The highest BCUT2D eigenvalue weighted by atomic mass is 16.5. The zero-order valence-electron chi connectivity index (χ0n) is 11.6. The molecule has 0 aliphatic heterocycles. The van der Waals surface area contributed by atoms with Crippen LogP contribution in [0, 0.1) is 5.41 Å². The van der Waals surface area contributed by atoms with Crippen LogP contribution < -0.4 is 10.1 Å². The van der Waals surface area contributed by atoms with Crippen LogP contribution in [0.2, 0.25) is 0 Å². The standard InChI is InChI=1S/C16H21NO2/c1-16(10-6-3-7-11-16)12-17-15(18)13-8-4-5-9-14(13)19-2/h3-6,8-9H,7,10-12H2,1-2H3,(H,17,18). The van der Waals surface area contributed by atoms with E-state index in [1.165, 1.54) is 0 Å². The number of nitrogens with one attached hydrogen (secondary N) is 1. The van der Waals surface area contributed by atoms with Gasteiger partial charge in [-0.3, -0.25) is 4.79 Å². The lowest BCUT2D eigenvalue weighted by Crippen LogP contribution is -2.36. The Labute approximate surface area is 114 Å². The second kappa shape index (κ2) is 5.91. The lowest BCUT2D eigenvalue weighted by Gasteiger charge is -2.30. The van der Waals surface area contributed by atoms with Gasteiger partial charge in [-0.2, -0.15) is 0 Å². The molecular weight excluding hydrogens is 238 g/mol. The third kappa shape index (κ3) is 3.37. The summed E-state index contributed by atoms with van der Waals surface area (Å²) >= 11 is 0. The SMILES string of the molecule is COc1ccccc1C(=O)NCC1(C)CC=CCC1. The van der Waals surface area contributed by atoms with Crippen LogP contribution in [-0.4, -0.2) is 19.6 Å². The average Bonchev–Trinajstić information content (AvgIpc) is 2.45. The molecule has 0 radical (unpaired) electrons. The van der Waals surface area contributed by atoms with Crippen LogP contribution in [0.25, 0.3) is 0 Å². The molecule has 1 N–H and O–H groups in total. The van der Waals surface area contributed by atoms with Gasteiger partial charge >= 0.3 is 0 Å². The van der Waals surface area contributed by atoms with E-state index in [1.807, 2.05) is 12.1 Å². The maximum atomic E-state index is 12.2. The summed E-state index contributed by atoms with van der Waals surface area (Å²) in [7, 11) is 1.58. The molecule has 102 valence electrons. The Morgan fingerprint density at radius 1 is 1.37 bits per heavy atom. The third-order valence-electron chi connectivity index (χ3n) is 3.72. The molecule has 1 aliphatic rings. The summed E-state index contributed by atoms with van der Waals surface area (Å²) in [6.45, 7) is 2.92. The normalized spacial score (nSPS) is 22.0. The number of hydrogen-bond donors (Lipinski definition) is 1. The molecule has 1 aromatic carbocycles. The van der Waals surface area contributed by atoms with Crippen LogP contribution in [-0.2, 0) is 0 Å². The number of hydrogen-bond acceptors (Lipinski definition) is 2. The molecular formula is C16H21NO2. The highest BCUT2D eigenvalue weighted by molar-refractivity contribution is 5.96. The predicted molar refractivity (Wildman–Crippen MR) is 76.4 cm³/mol. The van der Waals surface area contributed by atoms with Gasteiger partial charge in [-0.05, 0) is 36.8 Å². The molecule has 2 rings (SSSR count). The molecule has 0 bridgehead atoms. The molecule has 0 saturated heterocycles. The average molecular weight is 259 g/mol. The van der Waals surface area contributed by atoms with Gasteiger partial charge in [0.15, 0.2) is 0 Å². The maximum Gasteiger partial charge on any atom is 0.255 e. The molecule has 0 fully saturated rings. The topological polar surface area (TPSA) is 38.3 Å². The molecule has 3 heteroatoms. The van der Waals surface area contributed by atoms with Gasteiger partial charge in [0.1, 0.15) is 5.75 Å².